The molecule has 1 fully saturated rings. The van der Waals surface area contributed by atoms with Gasteiger partial charge in [0.15, 0.2) is 0 Å². The maximum atomic E-state index is 11.9. The molecule has 0 aromatic rings. The number of carboxylic acids is 1. The highest BCUT2D eigenvalue weighted by Crippen LogP contribution is 2.36. The third-order valence-electron chi connectivity index (χ3n) is 3.38. The van der Waals surface area contributed by atoms with Gasteiger partial charge in [0.1, 0.15) is 0 Å². The minimum atomic E-state index is -3.53. The molecule has 18 heavy (non-hydrogen) atoms. The molecule has 1 heterocycles. The fourth-order valence-electron chi connectivity index (χ4n) is 2.33. The maximum absolute atomic E-state index is 11.9. The third kappa shape index (κ3) is 3.21. The van der Waals surface area contributed by atoms with Crippen LogP contribution in [0.25, 0.3) is 0 Å². The molecule has 0 aromatic carbocycles. The molecule has 0 spiro atoms. The van der Waals surface area contributed by atoms with Gasteiger partial charge in [0, 0.05) is 19.6 Å². The van der Waals surface area contributed by atoms with E-state index in [4.69, 9.17) is 0 Å². The molecule has 0 saturated carbocycles. The van der Waals surface area contributed by atoms with Crippen LogP contribution < -0.4 is 4.72 Å². The minimum absolute atomic E-state index is 0.0786. The van der Waals surface area contributed by atoms with Crippen LogP contribution >= 0.6 is 0 Å². The molecule has 1 rings (SSSR count). The van der Waals surface area contributed by atoms with E-state index in [9.17, 15) is 18.3 Å². The highest BCUT2D eigenvalue weighted by molar-refractivity contribution is 7.87. The van der Waals surface area contributed by atoms with E-state index in [1.165, 1.54) is 4.31 Å². The standard InChI is InChI=1S/C11H22N2O4S/c1-3-5-11(10(14)15)6-8-13(9-11)18(16,17)12-7-4-2/h12H,3-9H2,1-2H3,(H,14,15). The second kappa shape index (κ2) is 5.99. The lowest BCUT2D eigenvalue weighted by atomic mass is 9.83. The minimum Gasteiger partial charge on any atom is -0.481 e. The summed E-state index contributed by atoms with van der Waals surface area (Å²) in [6.45, 7) is 4.54. The maximum Gasteiger partial charge on any atom is 0.311 e. The number of nitrogens with one attached hydrogen (secondary N) is 1. The molecule has 1 aliphatic rings. The molecule has 106 valence electrons. The van der Waals surface area contributed by atoms with Crippen molar-refractivity contribution in [2.45, 2.75) is 39.5 Å². The number of hydrogen-bond acceptors (Lipinski definition) is 3. The molecule has 0 aliphatic carbocycles. The molecule has 1 unspecified atom stereocenters. The highest BCUT2D eigenvalue weighted by atomic mass is 32.2. The number of hydrogen-bond donors (Lipinski definition) is 2. The molecule has 0 amide bonds. The van der Waals surface area contributed by atoms with E-state index in [1.807, 2.05) is 13.8 Å². The Bertz CT molecular complexity index is 396. The van der Waals surface area contributed by atoms with Gasteiger partial charge in [-0.25, -0.2) is 4.72 Å². The first kappa shape index (κ1) is 15.4. The Morgan fingerprint density at radius 2 is 2.06 bits per heavy atom. The van der Waals surface area contributed by atoms with Gasteiger partial charge in [0.05, 0.1) is 5.41 Å². The first-order chi connectivity index (χ1) is 8.38. The van der Waals surface area contributed by atoms with Crippen molar-refractivity contribution in [2.24, 2.45) is 5.41 Å². The van der Waals surface area contributed by atoms with Crippen molar-refractivity contribution in [3.63, 3.8) is 0 Å². The van der Waals surface area contributed by atoms with Crippen LogP contribution in [0.15, 0.2) is 0 Å². The zero-order valence-corrected chi connectivity index (χ0v) is 11.8. The van der Waals surface area contributed by atoms with Crippen molar-refractivity contribution in [3.8, 4) is 0 Å². The zero-order valence-electron chi connectivity index (χ0n) is 11.0. The van der Waals surface area contributed by atoms with Gasteiger partial charge in [-0.2, -0.15) is 12.7 Å². The first-order valence-electron chi connectivity index (χ1n) is 6.36. The van der Waals surface area contributed by atoms with Crippen LogP contribution in [0.3, 0.4) is 0 Å². The fourth-order valence-corrected chi connectivity index (χ4v) is 3.72. The van der Waals surface area contributed by atoms with Crippen molar-refractivity contribution in [2.75, 3.05) is 19.6 Å². The average Bonchev–Trinajstić information content (AvgIpc) is 2.73. The van der Waals surface area contributed by atoms with Gasteiger partial charge in [0.2, 0.25) is 0 Å². The third-order valence-corrected chi connectivity index (χ3v) is 4.94. The first-order valence-corrected chi connectivity index (χ1v) is 7.80. The van der Waals surface area contributed by atoms with Crippen LogP contribution in [0.1, 0.15) is 39.5 Å². The topological polar surface area (TPSA) is 86.7 Å². The van der Waals surface area contributed by atoms with Gasteiger partial charge in [-0.3, -0.25) is 4.79 Å². The summed E-state index contributed by atoms with van der Waals surface area (Å²) in [6, 6.07) is 0. The zero-order chi connectivity index (χ0) is 13.8. The number of aliphatic carboxylic acids is 1. The SMILES string of the molecule is CCCNS(=O)(=O)N1CCC(CCC)(C(=O)O)C1. The normalized spacial score (nSPS) is 25.4. The molecule has 2 N–H and O–H groups in total. The Labute approximate surface area is 109 Å². The van der Waals surface area contributed by atoms with Crippen LogP contribution in [0.2, 0.25) is 0 Å². The number of carboxylic acid groups (broad SMARTS) is 1. The van der Waals surface area contributed by atoms with E-state index in [0.717, 1.165) is 6.42 Å². The van der Waals surface area contributed by atoms with E-state index in [2.05, 4.69) is 4.72 Å². The van der Waals surface area contributed by atoms with Crippen LogP contribution in [0.4, 0.5) is 0 Å². The summed E-state index contributed by atoms with van der Waals surface area (Å²) in [4.78, 5) is 11.4. The van der Waals surface area contributed by atoms with Crippen molar-refractivity contribution in [3.05, 3.63) is 0 Å². The summed E-state index contributed by atoms with van der Waals surface area (Å²) < 4.78 is 27.6. The van der Waals surface area contributed by atoms with E-state index < -0.39 is 21.6 Å². The van der Waals surface area contributed by atoms with Gasteiger partial charge >= 0.3 is 5.97 Å². The predicted molar refractivity (Wildman–Crippen MR) is 68.4 cm³/mol. The van der Waals surface area contributed by atoms with Crippen LogP contribution in [0.5, 0.6) is 0 Å². The molecule has 0 radical (unpaired) electrons. The van der Waals surface area contributed by atoms with Crippen molar-refractivity contribution >= 4 is 16.2 Å². The Hall–Kier alpha value is -0.660. The molecular weight excluding hydrogens is 256 g/mol. The lowest BCUT2D eigenvalue weighted by molar-refractivity contribution is -0.148. The summed E-state index contributed by atoms with van der Waals surface area (Å²) >= 11 is 0. The van der Waals surface area contributed by atoms with Gasteiger partial charge in [-0.1, -0.05) is 20.3 Å². The summed E-state index contributed by atoms with van der Waals surface area (Å²) in [5.74, 6) is -0.891. The second-order valence-electron chi connectivity index (χ2n) is 4.82. The van der Waals surface area contributed by atoms with Crippen molar-refractivity contribution in [1.29, 1.82) is 0 Å². The van der Waals surface area contributed by atoms with E-state index in [-0.39, 0.29) is 13.1 Å². The Morgan fingerprint density at radius 1 is 1.39 bits per heavy atom. The van der Waals surface area contributed by atoms with Crippen LogP contribution in [-0.4, -0.2) is 43.4 Å². The fraction of sp³-hybridized carbons (Fsp3) is 0.909. The molecule has 1 saturated heterocycles. The quantitative estimate of drug-likeness (QED) is 0.721. The number of rotatable bonds is 7. The Kier molecular flexibility index (Phi) is 5.12. The predicted octanol–water partition coefficient (Wildman–Crippen LogP) is 0.808. The lowest BCUT2D eigenvalue weighted by Crippen LogP contribution is -2.42. The summed E-state index contributed by atoms with van der Waals surface area (Å²) in [5, 5.41) is 9.31. The van der Waals surface area contributed by atoms with E-state index >= 15 is 0 Å². The summed E-state index contributed by atoms with van der Waals surface area (Å²) in [7, 11) is -3.53. The molecule has 1 atom stereocenters. The van der Waals surface area contributed by atoms with E-state index in [0.29, 0.717) is 25.8 Å². The molecule has 1 aliphatic heterocycles. The van der Waals surface area contributed by atoms with Crippen molar-refractivity contribution < 1.29 is 18.3 Å². The summed E-state index contributed by atoms with van der Waals surface area (Å²) in [5.41, 5.74) is -0.907. The highest BCUT2D eigenvalue weighted by Gasteiger charge is 2.47. The average molecular weight is 278 g/mol. The van der Waals surface area contributed by atoms with Gasteiger partial charge in [0.25, 0.3) is 10.2 Å². The van der Waals surface area contributed by atoms with Crippen LogP contribution in [-0.2, 0) is 15.0 Å². The Balaban J connectivity index is 2.77. The molecule has 0 aromatic heterocycles. The van der Waals surface area contributed by atoms with Gasteiger partial charge < -0.3 is 5.11 Å². The van der Waals surface area contributed by atoms with E-state index in [1.54, 1.807) is 0 Å². The largest absolute Gasteiger partial charge is 0.481 e. The second-order valence-corrected chi connectivity index (χ2v) is 6.57. The molecular formula is C11H22N2O4S. The number of nitrogens with zero attached hydrogens (tertiary/aromatic N) is 1. The van der Waals surface area contributed by atoms with Crippen molar-refractivity contribution in [1.82, 2.24) is 9.03 Å². The lowest BCUT2D eigenvalue weighted by Gasteiger charge is -2.24. The Morgan fingerprint density at radius 3 is 2.56 bits per heavy atom. The van der Waals surface area contributed by atoms with Gasteiger partial charge in [-0.15, -0.1) is 0 Å². The smallest absolute Gasteiger partial charge is 0.311 e. The summed E-state index contributed by atoms with van der Waals surface area (Å²) in [6.07, 6.45) is 2.36. The molecule has 7 heteroatoms. The molecule has 6 nitrogen and oxygen atoms in total. The van der Waals surface area contributed by atoms with Gasteiger partial charge in [-0.05, 0) is 19.3 Å². The van der Waals surface area contributed by atoms with Crippen LogP contribution in [0, 0.1) is 5.41 Å². The number of carbonyl (C=O) groups is 1. The molecule has 0 bridgehead atoms. The monoisotopic (exact) mass is 278 g/mol.